The van der Waals surface area contributed by atoms with E-state index < -0.39 is 5.82 Å². The first-order valence-electron chi connectivity index (χ1n) is 5.53. The van der Waals surface area contributed by atoms with Gasteiger partial charge in [0.2, 0.25) is 5.28 Å². The van der Waals surface area contributed by atoms with E-state index in [0.717, 1.165) is 25.5 Å². The van der Waals surface area contributed by atoms with Gasteiger partial charge < -0.3 is 5.32 Å². The Hall–Kier alpha value is -1.23. The van der Waals surface area contributed by atoms with E-state index in [-0.39, 0.29) is 28.8 Å². The van der Waals surface area contributed by atoms with E-state index in [0.29, 0.717) is 0 Å². The molecule has 1 N–H and O–H groups in total. The zero-order valence-electron chi connectivity index (χ0n) is 9.41. The highest BCUT2D eigenvalue weighted by atomic mass is 35.5. The molecule has 0 saturated heterocycles. The number of rotatable bonds is 3. The van der Waals surface area contributed by atoms with Gasteiger partial charge in [-0.05, 0) is 31.4 Å². The number of nitrogens with one attached hydrogen (secondary N) is 1. The van der Waals surface area contributed by atoms with Crippen molar-refractivity contribution in [2.75, 3.05) is 5.32 Å². The zero-order valence-corrected chi connectivity index (χ0v) is 10.2. The number of hydrogen-bond donors (Lipinski definition) is 1. The summed E-state index contributed by atoms with van der Waals surface area (Å²) in [5.74, 6) is -0.421. The lowest BCUT2D eigenvalue weighted by molar-refractivity contribution is -0.120. The van der Waals surface area contributed by atoms with Crippen LogP contribution < -0.4 is 5.32 Å². The molecule has 0 aromatic carbocycles. The van der Waals surface area contributed by atoms with Crippen LogP contribution in [0.25, 0.3) is 0 Å². The number of hydrogen-bond acceptors (Lipinski definition) is 4. The number of carbonyl (C=O) groups excluding carboxylic acids is 1. The summed E-state index contributed by atoms with van der Waals surface area (Å²) in [6.07, 6.45) is 3.66. The molecule has 1 aliphatic carbocycles. The van der Waals surface area contributed by atoms with Crippen molar-refractivity contribution in [2.24, 2.45) is 5.92 Å². The maximum atomic E-state index is 13.4. The Balaban J connectivity index is 2.15. The largest absolute Gasteiger partial charge is 0.364 e. The van der Waals surface area contributed by atoms with Gasteiger partial charge in [-0.2, -0.15) is 4.98 Å². The minimum absolute atomic E-state index is 0.00808. The molecule has 6 heteroatoms. The van der Waals surface area contributed by atoms with E-state index in [4.69, 9.17) is 11.6 Å². The second-order valence-corrected chi connectivity index (χ2v) is 4.57. The lowest BCUT2D eigenvalue weighted by Gasteiger charge is -2.19. The summed E-state index contributed by atoms with van der Waals surface area (Å²) >= 11 is 5.61. The Bertz CT molecular complexity index is 441. The molecule has 1 fully saturated rings. The van der Waals surface area contributed by atoms with Crippen molar-refractivity contribution in [1.82, 2.24) is 9.97 Å². The molecule has 1 aromatic heterocycles. The predicted octanol–water partition coefficient (Wildman–Crippen LogP) is 2.44. The van der Waals surface area contributed by atoms with Gasteiger partial charge in [0.25, 0.3) is 0 Å². The molecule has 0 spiro atoms. The summed E-state index contributed by atoms with van der Waals surface area (Å²) in [5, 5.41) is 2.94. The van der Waals surface area contributed by atoms with Crippen molar-refractivity contribution in [3.63, 3.8) is 0 Å². The van der Waals surface area contributed by atoms with Crippen molar-refractivity contribution in [3.8, 4) is 0 Å². The number of carbonyl (C=O) groups is 1. The summed E-state index contributed by atoms with van der Waals surface area (Å²) in [4.78, 5) is 18.7. The topological polar surface area (TPSA) is 54.9 Å². The summed E-state index contributed by atoms with van der Waals surface area (Å²) in [6.45, 7) is 1.56. The summed E-state index contributed by atoms with van der Waals surface area (Å²) in [7, 11) is 0. The van der Waals surface area contributed by atoms with Crippen LogP contribution in [0.15, 0.2) is 6.20 Å². The van der Waals surface area contributed by atoms with Gasteiger partial charge in [0.15, 0.2) is 11.6 Å². The third kappa shape index (κ3) is 2.72. The number of aromatic nitrogens is 2. The van der Waals surface area contributed by atoms with Crippen LogP contribution in [0, 0.1) is 11.7 Å². The Morgan fingerprint density at radius 3 is 3.06 bits per heavy atom. The van der Waals surface area contributed by atoms with Crippen LogP contribution in [0.2, 0.25) is 5.28 Å². The average molecular weight is 258 g/mol. The number of Topliss-reactive ketones (excluding diaryl/α,β-unsaturated/α-hetero) is 1. The minimum atomic E-state index is -0.552. The van der Waals surface area contributed by atoms with Crippen LogP contribution in [0.5, 0.6) is 0 Å². The second kappa shape index (κ2) is 4.96. The van der Waals surface area contributed by atoms with E-state index in [1.54, 1.807) is 6.92 Å². The molecule has 2 atom stereocenters. The highest BCUT2D eigenvalue weighted by molar-refractivity contribution is 6.28. The van der Waals surface area contributed by atoms with Crippen molar-refractivity contribution < 1.29 is 9.18 Å². The van der Waals surface area contributed by atoms with Crippen LogP contribution in [0.1, 0.15) is 26.2 Å². The Labute approximate surface area is 104 Å². The molecule has 0 unspecified atom stereocenters. The zero-order chi connectivity index (χ0) is 12.4. The standard InChI is InChI=1S/C11H13ClFN3O/c1-6(17)7-3-2-4-9(7)15-10-8(13)5-14-11(12)16-10/h5,7,9H,2-4H2,1H3,(H,14,15,16)/t7-,9+/m1/s1. The van der Waals surface area contributed by atoms with Gasteiger partial charge in [-0.1, -0.05) is 6.42 Å². The fraction of sp³-hybridized carbons (Fsp3) is 0.545. The average Bonchev–Trinajstić information content (AvgIpc) is 2.71. The van der Waals surface area contributed by atoms with Crippen molar-refractivity contribution in [1.29, 1.82) is 0 Å². The fourth-order valence-electron chi connectivity index (χ4n) is 2.24. The van der Waals surface area contributed by atoms with Gasteiger partial charge in [0, 0.05) is 12.0 Å². The van der Waals surface area contributed by atoms with Crippen molar-refractivity contribution >= 4 is 23.2 Å². The highest BCUT2D eigenvalue weighted by Gasteiger charge is 2.31. The molecule has 17 heavy (non-hydrogen) atoms. The van der Waals surface area contributed by atoms with Gasteiger partial charge in [-0.3, -0.25) is 4.79 Å². The van der Waals surface area contributed by atoms with Crippen molar-refractivity contribution in [3.05, 3.63) is 17.3 Å². The number of ketones is 1. The van der Waals surface area contributed by atoms with Crippen LogP contribution >= 0.6 is 11.6 Å². The minimum Gasteiger partial charge on any atom is -0.364 e. The molecular weight excluding hydrogens is 245 g/mol. The van der Waals surface area contributed by atoms with Crippen molar-refractivity contribution in [2.45, 2.75) is 32.2 Å². The third-order valence-electron chi connectivity index (χ3n) is 3.07. The number of halogens is 2. The summed E-state index contributed by atoms with van der Waals surface area (Å²) in [6, 6.07) is -0.0621. The lowest BCUT2D eigenvalue weighted by Crippen LogP contribution is -2.29. The first-order valence-corrected chi connectivity index (χ1v) is 5.90. The quantitative estimate of drug-likeness (QED) is 0.845. The summed E-state index contributed by atoms with van der Waals surface area (Å²) < 4.78 is 13.4. The Morgan fingerprint density at radius 2 is 2.35 bits per heavy atom. The smallest absolute Gasteiger partial charge is 0.224 e. The van der Waals surface area contributed by atoms with Gasteiger partial charge in [-0.25, -0.2) is 9.37 Å². The molecule has 0 aliphatic heterocycles. The third-order valence-corrected chi connectivity index (χ3v) is 3.26. The lowest BCUT2D eigenvalue weighted by atomic mass is 9.99. The molecule has 0 radical (unpaired) electrons. The van der Waals surface area contributed by atoms with E-state index >= 15 is 0 Å². The fourth-order valence-corrected chi connectivity index (χ4v) is 2.38. The van der Waals surface area contributed by atoms with E-state index in [9.17, 15) is 9.18 Å². The molecule has 1 aliphatic rings. The van der Waals surface area contributed by atoms with E-state index in [1.807, 2.05) is 0 Å². The molecule has 0 amide bonds. The van der Waals surface area contributed by atoms with Crippen LogP contribution in [-0.4, -0.2) is 21.8 Å². The SMILES string of the molecule is CC(=O)[C@H]1CCC[C@@H]1Nc1nc(Cl)ncc1F. The highest BCUT2D eigenvalue weighted by Crippen LogP contribution is 2.29. The molecule has 1 heterocycles. The molecule has 2 rings (SSSR count). The predicted molar refractivity (Wildman–Crippen MR) is 62.4 cm³/mol. The maximum Gasteiger partial charge on any atom is 0.224 e. The molecule has 1 aromatic rings. The maximum absolute atomic E-state index is 13.4. The van der Waals surface area contributed by atoms with Gasteiger partial charge >= 0.3 is 0 Å². The number of anilines is 1. The molecule has 0 bridgehead atoms. The molecule has 4 nitrogen and oxygen atoms in total. The molecule has 92 valence electrons. The van der Waals surface area contributed by atoms with E-state index in [1.165, 1.54) is 0 Å². The first-order chi connectivity index (χ1) is 8.08. The number of nitrogens with zero attached hydrogens (tertiary/aromatic N) is 2. The van der Waals surface area contributed by atoms with Gasteiger partial charge in [-0.15, -0.1) is 0 Å². The molecule has 1 saturated carbocycles. The second-order valence-electron chi connectivity index (χ2n) is 4.23. The van der Waals surface area contributed by atoms with Crippen LogP contribution in [-0.2, 0) is 4.79 Å². The monoisotopic (exact) mass is 257 g/mol. The van der Waals surface area contributed by atoms with Crippen LogP contribution in [0.3, 0.4) is 0 Å². The molecular formula is C11H13ClFN3O. The Kier molecular flexibility index (Phi) is 3.57. The van der Waals surface area contributed by atoms with Gasteiger partial charge in [0.05, 0.1) is 6.20 Å². The normalized spacial score (nSPS) is 23.7. The summed E-state index contributed by atoms with van der Waals surface area (Å²) in [5.41, 5.74) is 0. The first kappa shape index (κ1) is 12.2. The van der Waals surface area contributed by atoms with Crippen LogP contribution in [0.4, 0.5) is 10.2 Å². The Morgan fingerprint density at radius 1 is 1.59 bits per heavy atom. The van der Waals surface area contributed by atoms with E-state index in [2.05, 4.69) is 15.3 Å². The van der Waals surface area contributed by atoms with Gasteiger partial charge in [0.1, 0.15) is 5.78 Å².